The summed E-state index contributed by atoms with van der Waals surface area (Å²) in [4.78, 5) is 0. The molecule has 0 bridgehead atoms. The third-order valence-corrected chi connectivity index (χ3v) is 3.93. The minimum absolute atomic E-state index is 0.480. The van der Waals surface area contributed by atoms with Crippen molar-refractivity contribution in [2.75, 3.05) is 11.5 Å². The second-order valence-electron chi connectivity index (χ2n) is 4.54. The zero-order valence-electron chi connectivity index (χ0n) is 10.0. The van der Waals surface area contributed by atoms with Crippen LogP contribution in [0, 0.1) is 11.8 Å². The van der Waals surface area contributed by atoms with E-state index in [4.69, 9.17) is 5.84 Å². The highest BCUT2D eigenvalue weighted by molar-refractivity contribution is 7.99. The van der Waals surface area contributed by atoms with E-state index in [0.29, 0.717) is 6.04 Å². The molecule has 0 aliphatic carbocycles. The number of hydrogen-bond donors (Lipinski definition) is 2. The summed E-state index contributed by atoms with van der Waals surface area (Å²) in [5, 5.41) is 0. The van der Waals surface area contributed by atoms with Crippen LogP contribution in [-0.2, 0) is 0 Å². The summed E-state index contributed by atoms with van der Waals surface area (Å²) in [6, 6.07) is 0.480. The van der Waals surface area contributed by atoms with Crippen molar-refractivity contribution in [3.8, 4) is 0 Å². The van der Waals surface area contributed by atoms with Gasteiger partial charge in [-0.3, -0.25) is 11.3 Å². The van der Waals surface area contributed by atoms with Gasteiger partial charge in [0.25, 0.3) is 0 Å². The maximum absolute atomic E-state index is 5.53. The Balaban J connectivity index is 3.57. The molecule has 0 spiro atoms. The van der Waals surface area contributed by atoms with Crippen molar-refractivity contribution >= 4 is 11.8 Å². The van der Waals surface area contributed by atoms with Crippen LogP contribution in [0.15, 0.2) is 0 Å². The Kier molecular flexibility index (Phi) is 8.73. The first-order valence-corrected chi connectivity index (χ1v) is 6.79. The van der Waals surface area contributed by atoms with Gasteiger partial charge in [0.2, 0.25) is 0 Å². The van der Waals surface area contributed by atoms with Gasteiger partial charge in [-0.1, -0.05) is 34.1 Å². The van der Waals surface area contributed by atoms with Crippen LogP contribution >= 0.6 is 11.8 Å². The number of nitrogens with two attached hydrogens (primary N) is 1. The largest absolute Gasteiger partial charge is 0.271 e. The van der Waals surface area contributed by atoms with Gasteiger partial charge in [0.1, 0.15) is 0 Å². The topological polar surface area (TPSA) is 38.0 Å². The first kappa shape index (κ1) is 14.3. The van der Waals surface area contributed by atoms with E-state index in [1.165, 1.54) is 18.6 Å². The molecule has 0 aromatic heterocycles. The van der Waals surface area contributed by atoms with E-state index in [0.717, 1.165) is 17.6 Å². The zero-order valence-corrected chi connectivity index (χ0v) is 10.9. The van der Waals surface area contributed by atoms with Gasteiger partial charge < -0.3 is 0 Å². The molecule has 14 heavy (non-hydrogen) atoms. The molecule has 0 aliphatic heterocycles. The Hall–Kier alpha value is 0.270. The van der Waals surface area contributed by atoms with Crippen molar-refractivity contribution in [3.63, 3.8) is 0 Å². The lowest BCUT2D eigenvalue weighted by atomic mass is 10.0. The van der Waals surface area contributed by atoms with Crippen molar-refractivity contribution in [1.82, 2.24) is 5.43 Å². The summed E-state index contributed by atoms with van der Waals surface area (Å²) < 4.78 is 0. The maximum Gasteiger partial charge on any atom is 0.0303 e. The average molecular weight is 218 g/mol. The van der Waals surface area contributed by atoms with Crippen LogP contribution in [0.25, 0.3) is 0 Å². The van der Waals surface area contributed by atoms with Crippen molar-refractivity contribution in [3.05, 3.63) is 0 Å². The molecular formula is C11H26N2S. The molecule has 0 heterocycles. The smallest absolute Gasteiger partial charge is 0.0303 e. The van der Waals surface area contributed by atoms with Gasteiger partial charge in [-0.25, -0.2) is 0 Å². The quantitative estimate of drug-likeness (QED) is 0.486. The summed E-state index contributed by atoms with van der Waals surface area (Å²) in [5.74, 6) is 9.46. The van der Waals surface area contributed by atoms with E-state index in [1.54, 1.807) is 0 Å². The summed E-state index contributed by atoms with van der Waals surface area (Å²) in [7, 11) is 0. The van der Waals surface area contributed by atoms with Gasteiger partial charge in [0.05, 0.1) is 0 Å². The average Bonchev–Trinajstić information content (AvgIpc) is 2.15. The standard InChI is InChI=1S/C11H26N2S/c1-5-10(4)6-11(13-12)8-14-7-9(2)3/h9-11,13H,5-8,12H2,1-4H3. The number of hydrogen-bond acceptors (Lipinski definition) is 3. The van der Waals surface area contributed by atoms with Crippen LogP contribution in [0.2, 0.25) is 0 Å². The molecule has 0 saturated carbocycles. The van der Waals surface area contributed by atoms with Crippen LogP contribution in [0.5, 0.6) is 0 Å². The maximum atomic E-state index is 5.53. The van der Waals surface area contributed by atoms with Crippen LogP contribution in [0.3, 0.4) is 0 Å². The van der Waals surface area contributed by atoms with E-state index in [2.05, 4.69) is 33.1 Å². The Morgan fingerprint density at radius 2 is 1.86 bits per heavy atom. The van der Waals surface area contributed by atoms with E-state index >= 15 is 0 Å². The van der Waals surface area contributed by atoms with Crippen LogP contribution in [-0.4, -0.2) is 17.5 Å². The third-order valence-electron chi connectivity index (χ3n) is 2.39. The summed E-state index contributed by atoms with van der Waals surface area (Å²) >= 11 is 2.00. The van der Waals surface area contributed by atoms with Gasteiger partial charge in [-0.15, -0.1) is 0 Å². The normalized spacial score (nSPS) is 15.9. The second kappa shape index (κ2) is 8.57. The van der Waals surface area contributed by atoms with Gasteiger partial charge in [-0.05, 0) is 24.0 Å². The Bertz CT molecular complexity index is 128. The first-order chi connectivity index (χ1) is 6.60. The predicted molar refractivity (Wildman–Crippen MR) is 67.3 cm³/mol. The Morgan fingerprint density at radius 1 is 1.21 bits per heavy atom. The second-order valence-corrected chi connectivity index (χ2v) is 5.62. The third kappa shape index (κ3) is 7.65. The summed E-state index contributed by atoms with van der Waals surface area (Å²) in [5.41, 5.74) is 2.92. The monoisotopic (exact) mass is 218 g/mol. The van der Waals surface area contributed by atoms with E-state index in [-0.39, 0.29) is 0 Å². The van der Waals surface area contributed by atoms with Crippen LogP contribution < -0.4 is 11.3 Å². The lowest BCUT2D eigenvalue weighted by Gasteiger charge is -2.19. The number of thioether (sulfide) groups is 1. The van der Waals surface area contributed by atoms with Crippen LogP contribution in [0.1, 0.15) is 40.5 Å². The van der Waals surface area contributed by atoms with Gasteiger partial charge in [0.15, 0.2) is 0 Å². The van der Waals surface area contributed by atoms with Gasteiger partial charge in [-0.2, -0.15) is 11.8 Å². The molecule has 3 N–H and O–H groups in total. The van der Waals surface area contributed by atoms with E-state index in [9.17, 15) is 0 Å². The van der Waals surface area contributed by atoms with E-state index in [1.807, 2.05) is 11.8 Å². The highest BCUT2D eigenvalue weighted by Gasteiger charge is 2.10. The highest BCUT2D eigenvalue weighted by Crippen LogP contribution is 2.15. The van der Waals surface area contributed by atoms with Crippen molar-refractivity contribution in [1.29, 1.82) is 0 Å². The first-order valence-electron chi connectivity index (χ1n) is 5.64. The summed E-state index contributed by atoms with van der Waals surface area (Å²) in [6.45, 7) is 9.04. The lowest BCUT2D eigenvalue weighted by molar-refractivity contribution is 0.423. The number of nitrogens with one attached hydrogen (secondary N) is 1. The molecule has 0 aromatic rings. The predicted octanol–water partition coefficient (Wildman–Crippen LogP) is 2.64. The van der Waals surface area contributed by atoms with Crippen molar-refractivity contribution < 1.29 is 0 Å². The fraction of sp³-hybridized carbons (Fsp3) is 1.00. The van der Waals surface area contributed by atoms with E-state index < -0.39 is 0 Å². The van der Waals surface area contributed by atoms with Crippen LogP contribution in [0.4, 0.5) is 0 Å². The fourth-order valence-corrected chi connectivity index (χ4v) is 2.41. The molecule has 0 amide bonds. The fourth-order valence-electron chi connectivity index (χ4n) is 1.28. The number of hydrazine groups is 1. The Morgan fingerprint density at radius 3 is 2.29 bits per heavy atom. The molecule has 86 valence electrons. The number of rotatable bonds is 8. The highest BCUT2D eigenvalue weighted by atomic mass is 32.2. The summed E-state index contributed by atoms with van der Waals surface area (Å²) in [6.07, 6.45) is 2.44. The molecule has 0 aromatic carbocycles. The van der Waals surface area contributed by atoms with Crippen molar-refractivity contribution in [2.24, 2.45) is 17.7 Å². The molecular weight excluding hydrogens is 192 g/mol. The molecule has 2 nitrogen and oxygen atoms in total. The molecule has 0 rings (SSSR count). The van der Waals surface area contributed by atoms with Gasteiger partial charge in [0, 0.05) is 11.8 Å². The lowest BCUT2D eigenvalue weighted by Crippen LogP contribution is -2.38. The zero-order chi connectivity index (χ0) is 11.0. The molecule has 0 saturated heterocycles. The Labute approximate surface area is 93.4 Å². The molecule has 2 unspecified atom stereocenters. The SMILES string of the molecule is CCC(C)CC(CSCC(C)C)NN. The minimum atomic E-state index is 0.480. The van der Waals surface area contributed by atoms with Gasteiger partial charge >= 0.3 is 0 Å². The van der Waals surface area contributed by atoms with Crippen molar-refractivity contribution in [2.45, 2.75) is 46.6 Å². The molecule has 0 radical (unpaired) electrons. The minimum Gasteiger partial charge on any atom is -0.271 e. The molecule has 3 heteroatoms. The molecule has 0 fully saturated rings. The molecule has 0 aliphatic rings. The molecule has 2 atom stereocenters.